The van der Waals surface area contributed by atoms with Gasteiger partial charge in [0.15, 0.2) is 0 Å². The molecule has 12 rings (SSSR count). The van der Waals surface area contributed by atoms with Gasteiger partial charge in [0.1, 0.15) is 0 Å². The minimum Gasteiger partial charge on any atom is -0.309 e. The summed E-state index contributed by atoms with van der Waals surface area (Å²) in [4.78, 5) is 2.43. The molecular formula is C58H41NS. The molecule has 2 aliphatic carbocycles. The van der Waals surface area contributed by atoms with Crippen LogP contribution in [0.3, 0.4) is 0 Å². The summed E-state index contributed by atoms with van der Waals surface area (Å²) in [6, 6.07) is 79.1. The minimum absolute atomic E-state index is 0.127. The maximum atomic E-state index is 2.49. The number of anilines is 3. The zero-order chi connectivity index (χ0) is 40.0. The molecule has 10 aromatic rings. The van der Waals surface area contributed by atoms with Gasteiger partial charge in [0, 0.05) is 32.3 Å². The van der Waals surface area contributed by atoms with Crippen molar-refractivity contribution in [2.45, 2.75) is 24.7 Å². The lowest BCUT2D eigenvalue weighted by Gasteiger charge is -2.46. The number of thiophene rings is 1. The van der Waals surface area contributed by atoms with E-state index in [1.165, 1.54) is 92.6 Å². The fourth-order valence-corrected chi connectivity index (χ4v) is 11.8. The van der Waals surface area contributed by atoms with Crippen LogP contribution in [0.5, 0.6) is 0 Å². The molecule has 0 atom stereocenters. The Balaban J connectivity index is 1.01. The van der Waals surface area contributed by atoms with Gasteiger partial charge >= 0.3 is 0 Å². The van der Waals surface area contributed by atoms with Crippen LogP contribution in [0, 0.1) is 0 Å². The van der Waals surface area contributed by atoms with Gasteiger partial charge in [0.25, 0.3) is 0 Å². The molecule has 0 bridgehead atoms. The maximum Gasteiger partial charge on any atom is 0.0719 e. The lowest BCUT2D eigenvalue weighted by molar-refractivity contribution is 0.563. The monoisotopic (exact) mass is 783 g/mol. The highest BCUT2D eigenvalue weighted by Crippen LogP contribution is 2.62. The zero-order valence-corrected chi connectivity index (χ0v) is 34.4. The van der Waals surface area contributed by atoms with Gasteiger partial charge in [0.05, 0.1) is 15.8 Å². The second-order valence-corrected chi connectivity index (χ2v) is 17.9. The third-order valence-corrected chi connectivity index (χ3v) is 14.6. The highest BCUT2D eigenvalue weighted by molar-refractivity contribution is 7.26. The molecule has 0 N–H and O–H groups in total. The van der Waals surface area contributed by atoms with Gasteiger partial charge in [-0.2, -0.15) is 0 Å². The SMILES string of the molecule is CC1(C)c2ccccc2C2(c3ccccc3-c3ccc(-c4ccc(N(c5ccc(-c6ccccc6)cc5)c5cccc6c5sc5ccccc56)cc4)cc32)c2ccccc21. The van der Waals surface area contributed by atoms with Crippen molar-refractivity contribution in [1.29, 1.82) is 0 Å². The predicted octanol–water partition coefficient (Wildman–Crippen LogP) is 15.9. The number of rotatable bonds is 5. The standard InChI is InChI=1S/C58H41NS/c1-57(2)49-21-9-11-23-51(49)58(52-24-12-10-22-50(52)57)48-20-8-6-17-44(48)45-36-31-41(37-53(45)58)40-29-34-43(35-30-40)59(42-32-27-39(28-33-42)38-15-4-3-5-16-38)54-25-14-19-47-46-18-7-13-26-55(46)60-56(47)54/h3-37H,1-2H3. The van der Waals surface area contributed by atoms with Crippen molar-refractivity contribution in [1.82, 2.24) is 0 Å². The molecule has 1 aromatic heterocycles. The van der Waals surface area contributed by atoms with Crippen LogP contribution in [-0.4, -0.2) is 0 Å². The van der Waals surface area contributed by atoms with Crippen LogP contribution < -0.4 is 4.90 Å². The smallest absolute Gasteiger partial charge is 0.0719 e. The van der Waals surface area contributed by atoms with Crippen LogP contribution in [0.2, 0.25) is 0 Å². The molecule has 0 radical (unpaired) electrons. The van der Waals surface area contributed by atoms with E-state index in [9.17, 15) is 0 Å². The lowest BCUT2D eigenvalue weighted by atomic mass is 9.55. The summed E-state index contributed by atoms with van der Waals surface area (Å²) < 4.78 is 2.59. The molecule has 1 heterocycles. The van der Waals surface area contributed by atoms with Gasteiger partial charge in [0.2, 0.25) is 0 Å². The predicted molar refractivity (Wildman–Crippen MR) is 254 cm³/mol. The van der Waals surface area contributed by atoms with E-state index in [0.717, 1.165) is 11.4 Å². The molecule has 60 heavy (non-hydrogen) atoms. The fourth-order valence-electron chi connectivity index (χ4n) is 10.6. The first-order valence-corrected chi connectivity index (χ1v) is 21.7. The topological polar surface area (TPSA) is 3.24 Å². The Hall–Kier alpha value is -7.00. The van der Waals surface area contributed by atoms with Crippen LogP contribution in [0.15, 0.2) is 212 Å². The quantitative estimate of drug-likeness (QED) is 0.168. The van der Waals surface area contributed by atoms with Crippen LogP contribution in [0.4, 0.5) is 17.1 Å². The first-order chi connectivity index (χ1) is 29.5. The van der Waals surface area contributed by atoms with E-state index in [1.54, 1.807) is 0 Å². The summed E-state index contributed by atoms with van der Waals surface area (Å²) >= 11 is 1.87. The Morgan fingerprint density at radius 1 is 0.367 bits per heavy atom. The highest BCUT2D eigenvalue weighted by atomic mass is 32.1. The van der Waals surface area contributed by atoms with E-state index in [0.29, 0.717) is 0 Å². The van der Waals surface area contributed by atoms with Crippen LogP contribution >= 0.6 is 11.3 Å². The molecule has 1 spiro atoms. The van der Waals surface area contributed by atoms with Gasteiger partial charge in [-0.3, -0.25) is 0 Å². The molecule has 1 nitrogen and oxygen atoms in total. The summed E-state index contributed by atoms with van der Waals surface area (Å²) in [6.07, 6.45) is 0. The fraction of sp³-hybridized carbons (Fsp3) is 0.0690. The van der Waals surface area contributed by atoms with Crippen molar-refractivity contribution >= 4 is 48.6 Å². The molecule has 2 heteroatoms. The molecule has 0 saturated carbocycles. The number of fused-ring (bicyclic) bond motifs is 12. The van der Waals surface area contributed by atoms with Gasteiger partial charge in [-0.1, -0.05) is 184 Å². The van der Waals surface area contributed by atoms with E-state index in [-0.39, 0.29) is 5.41 Å². The van der Waals surface area contributed by atoms with E-state index in [1.807, 2.05) is 11.3 Å². The van der Waals surface area contributed by atoms with Crippen molar-refractivity contribution in [3.05, 3.63) is 246 Å². The molecule has 9 aromatic carbocycles. The Morgan fingerprint density at radius 3 is 1.55 bits per heavy atom. The van der Waals surface area contributed by atoms with Crippen molar-refractivity contribution in [2.24, 2.45) is 0 Å². The highest BCUT2D eigenvalue weighted by Gasteiger charge is 2.53. The molecule has 284 valence electrons. The van der Waals surface area contributed by atoms with E-state index in [2.05, 4.69) is 231 Å². The van der Waals surface area contributed by atoms with Gasteiger partial charge < -0.3 is 4.90 Å². The number of hydrogen-bond donors (Lipinski definition) is 0. The van der Waals surface area contributed by atoms with Crippen molar-refractivity contribution in [3.8, 4) is 33.4 Å². The second kappa shape index (κ2) is 13.3. The number of nitrogens with zero attached hydrogens (tertiary/aromatic N) is 1. The summed E-state index contributed by atoms with van der Waals surface area (Å²) in [6.45, 7) is 4.78. The van der Waals surface area contributed by atoms with E-state index >= 15 is 0 Å². The second-order valence-electron chi connectivity index (χ2n) is 16.8. The average Bonchev–Trinajstić information content (AvgIpc) is 3.84. The molecule has 0 fully saturated rings. The Bertz CT molecular complexity index is 3230. The van der Waals surface area contributed by atoms with Gasteiger partial charge in [-0.15, -0.1) is 11.3 Å². The van der Waals surface area contributed by atoms with Crippen LogP contribution in [0.25, 0.3) is 53.6 Å². The van der Waals surface area contributed by atoms with Crippen molar-refractivity contribution in [3.63, 3.8) is 0 Å². The molecule has 0 aliphatic heterocycles. The van der Waals surface area contributed by atoms with E-state index < -0.39 is 5.41 Å². The average molecular weight is 784 g/mol. The van der Waals surface area contributed by atoms with E-state index in [4.69, 9.17) is 0 Å². The summed E-state index contributed by atoms with van der Waals surface area (Å²) in [5, 5.41) is 2.59. The third kappa shape index (κ3) is 4.98. The first-order valence-electron chi connectivity index (χ1n) is 20.9. The van der Waals surface area contributed by atoms with Crippen LogP contribution in [0.1, 0.15) is 47.2 Å². The molecule has 2 aliphatic rings. The molecular weight excluding hydrogens is 743 g/mol. The van der Waals surface area contributed by atoms with Gasteiger partial charge in [-0.25, -0.2) is 0 Å². The largest absolute Gasteiger partial charge is 0.309 e. The molecule has 0 saturated heterocycles. The van der Waals surface area contributed by atoms with Crippen molar-refractivity contribution < 1.29 is 0 Å². The Labute approximate surface area is 355 Å². The van der Waals surface area contributed by atoms with Gasteiger partial charge in [-0.05, 0) is 109 Å². The van der Waals surface area contributed by atoms with Crippen LogP contribution in [-0.2, 0) is 10.8 Å². The summed E-state index contributed by atoms with van der Waals surface area (Å²) in [5.74, 6) is 0. The summed E-state index contributed by atoms with van der Waals surface area (Å²) in [7, 11) is 0. The normalized spacial score (nSPS) is 14.1. The minimum atomic E-state index is -0.420. The maximum absolute atomic E-state index is 2.49. The number of benzene rings is 9. The Morgan fingerprint density at radius 2 is 0.867 bits per heavy atom. The first kappa shape index (κ1) is 35.0. The third-order valence-electron chi connectivity index (χ3n) is 13.4. The molecule has 0 unspecified atom stereocenters. The lowest BCUT2D eigenvalue weighted by Crippen LogP contribution is -2.40. The molecule has 0 amide bonds. The number of hydrogen-bond acceptors (Lipinski definition) is 2. The Kier molecular flexibility index (Phi) is 7.73. The van der Waals surface area contributed by atoms with Crippen molar-refractivity contribution in [2.75, 3.05) is 4.90 Å². The summed E-state index contributed by atoms with van der Waals surface area (Å²) in [5.41, 5.74) is 18.7. The zero-order valence-electron chi connectivity index (χ0n) is 33.6.